The number of ether oxygens (including phenoxy) is 1. The van der Waals surface area contributed by atoms with E-state index in [1.54, 1.807) is 6.08 Å². The van der Waals surface area contributed by atoms with Crippen LogP contribution in [0.2, 0.25) is 0 Å². The number of amidine groups is 1. The SMILES string of the molecule is C=CCOc1ccc(/C=C2\S/C(=N/c3nc(-c4ccccc4)cs3)N(C3CCCCC3)C2=O)cc1. The van der Waals surface area contributed by atoms with Gasteiger partial charge in [-0.25, -0.2) is 4.98 Å². The lowest BCUT2D eigenvalue weighted by molar-refractivity contribution is -0.124. The second-order valence-corrected chi connectivity index (χ2v) is 10.4. The molecule has 2 fully saturated rings. The summed E-state index contributed by atoms with van der Waals surface area (Å²) in [5.41, 5.74) is 2.93. The lowest BCUT2D eigenvalue weighted by Crippen LogP contribution is -2.40. The van der Waals surface area contributed by atoms with Crippen molar-refractivity contribution in [2.24, 2.45) is 4.99 Å². The van der Waals surface area contributed by atoms with Gasteiger partial charge in [0, 0.05) is 17.0 Å². The smallest absolute Gasteiger partial charge is 0.267 e. The van der Waals surface area contributed by atoms with E-state index in [-0.39, 0.29) is 11.9 Å². The summed E-state index contributed by atoms with van der Waals surface area (Å²) < 4.78 is 5.57. The Bertz CT molecular complexity index is 1240. The summed E-state index contributed by atoms with van der Waals surface area (Å²) in [6.45, 7) is 4.14. The van der Waals surface area contributed by atoms with Gasteiger partial charge in [0.15, 0.2) is 5.17 Å². The molecule has 7 heteroatoms. The van der Waals surface area contributed by atoms with Gasteiger partial charge in [-0.2, -0.15) is 4.99 Å². The largest absolute Gasteiger partial charge is 0.490 e. The van der Waals surface area contributed by atoms with Crippen LogP contribution >= 0.6 is 23.1 Å². The van der Waals surface area contributed by atoms with Gasteiger partial charge in [-0.05, 0) is 48.4 Å². The van der Waals surface area contributed by atoms with E-state index in [1.165, 1.54) is 29.5 Å². The molecule has 0 spiro atoms. The summed E-state index contributed by atoms with van der Waals surface area (Å²) in [7, 11) is 0. The highest BCUT2D eigenvalue weighted by atomic mass is 32.2. The Kier molecular flexibility index (Phi) is 7.45. The number of nitrogens with zero attached hydrogens (tertiary/aromatic N) is 3. The molecule has 0 bridgehead atoms. The second-order valence-electron chi connectivity index (χ2n) is 8.52. The van der Waals surface area contributed by atoms with E-state index in [9.17, 15) is 4.79 Å². The first-order chi connectivity index (χ1) is 17.2. The Labute approximate surface area is 214 Å². The number of thiazole rings is 1. The van der Waals surface area contributed by atoms with Crippen molar-refractivity contribution >= 4 is 45.4 Å². The highest BCUT2D eigenvalue weighted by Crippen LogP contribution is 2.39. The van der Waals surface area contributed by atoms with E-state index in [0.29, 0.717) is 16.6 Å². The lowest BCUT2D eigenvalue weighted by atomic mass is 9.94. The average molecular weight is 502 g/mol. The van der Waals surface area contributed by atoms with Crippen molar-refractivity contribution in [3.63, 3.8) is 0 Å². The van der Waals surface area contributed by atoms with Gasteiger partial charge in [-0.15, -0.1) is 11.3 Å². The molecule has 1 saturated carbocycles. The third kappa shape index (κ3) is 5.57. The molecule has 5 nitrogen and oxygen atoms in total. The molecule has 0 unspecified atom stereocenters. The number of aromatic nitrogens is 1. The minimum absolute atomic E-state index is 0.0347. The van der Waals surface area contributed by atoms with Gasteiger partial charge in [0.05, 0.1) is 10.6 Å². The Morgan fingerprint density at radius 3 is 2.60 bits per heavy atom. The quantitative estimate of drug-likeness (QED) is 0.252. The van der Waals surface area contributed by atoms with Crippen LogP contribution in [0.5, 0.6) is 5.75 Å². The number of aliphatic imine (C=N–C) groups is 1. The first-order valence-corrected chi connectivity index (χ1v) is 13.6. The Hall–Kier alpha value is -3.16. The van der Waals surface area contributed by atoms with Gasteiger partial charge in [0.25, 0.3) is 5.91 Å². The molecule has 3 aromatic rings. The van der Waals surface area contributed by atoms with E-state index in [2.05, 4.69) is 6.58 Å². The first-order valence-electron chi connectivity index (χ1n) is 11.9. The molecule has 5 rings (SSSR count). The van der Waals surface area contributed by atoms with E-state index < -0.39 is 0 Å². The standard InChI is InChI=1S/C28H27N3O2S2/c1-2-17-33-23-15-13-20(14-16-23)18-25-26(32)31(22-11-7-4-8-12-22)28(35-25)30-27-29-24(19-34-27)21-9-5-3-6-10-21/h2-3,5-6,9-10,13-16,18-19,22H,1,4,7-8,11-12,17H2/b25-18-,30-28+. The molecule has 2 aromatic carbocycles. The van der Waals surface area contributed by atoms with Crippen LogP contribution < -0.4 is 4.74 Å². The molecule has 1 aliphatic heterocycles. The molecule has 1 aliphatic carbocycles. The zero-order chi connectivity index (χ0) is 24.0. The maximum Gasteiger partial charge on any atom is 0.267 e. The molecule has 0 atom stereocenters. The molecule has 0 N–H and O–H groups in total. The number of rotatable bonds is 7. The Morgan fingerprint density at radius 2 is 1.86 bits per heavy atom. The van der Waals surface area contributed by atoms with Crippen molar-refractivity contribution in [1.29, 1.82) is 0 Å². The van der Waals surface area contributed by atoms with E-state index in [0.717, 1.165) is 53.4 Å². The number of hydrogen-bond donors (Lipinski definition) is 0. The van der Waals surface area contributed by atoms with Gasteiger partial charge in [0.1, 0.15) is 12.4 Å². The maximum atomic E-state index is 13.5. The van der Waals surface area contributed by atoms with Crippen molar-refractivity contribution in [3.8, 4) is 17.0 Å². The molecule has 1 saturated heterocycles. The molecule has 2 heterocycles. The lowest BCUT2D eigenvalue weighted by Gasteiger charge is -2.30. The van der Waals surface area contributed by atoms with Crippen molar-refractivity contribution in [2.75, 3.05) is 6.61 Å². The van der Waals surface area contributed by atoms with Crippen LogP contribution in [0.15, 0.2) is 82.5 Å². The van der Waals surface area contributed by atoms with Crippen LogP contribution in [0, 0.1) is 0 Å². The fourth-order valence-electron chi connectivity index (χ4n) is 4.33. The third-order valence-corrected chi connectivity index (χ3v) is 7.79. The number of benzene rings is 2. The van der Waals surface area contributed by atoms with Crippen molar-refractivity contribution in [1.82, 2.24) is 9.88 Å². The predicted molar refractivity (Wildman–Crippen MR) is 146 cm³/mol. The zero-order valence-electron chi connectivity index (χ0n) is 19.4. The molecule has 35 heavy (non-hydrogen) atoms. The van der Waals surface area contributed by atoms with Gasteiger partial charge in [-0.1, -0.05) is 74.4 Å². The minimum Gasteiger partial charge on any atom is -0.490 e. The van der Waals surface area contributed by atoms with Crippen LogP contribution in [0.4, 0.5) is 5.13 Å². The van der Waals surface area contributed by atoms with Crippen molar-refractivity contribution in [3.05, 3.63) is 83.1 Å². The summed E-state index contributed by atoms with van der Waals surface area (Å²) in [6, 6.07) is 18.0. The Balaban J connectivity index is 1.43. The van der Waals surface area contributed by atoms with Crippen LogP contribution in [-0.2, 0) is 4.79 Å². The van der Waals surface area contributed by atoms with E-state index in [1.807, 2.05) is 71.0 Å². The van der Waals surface area contributed by atoms with Crippen molar-refractivity contribution < 1.29 is 9.53 Å². The maximum absolute atomic E-state index is 13.5. The van der Waals surface area contributed by atoms with Crippen molar-refractivity contribution in [2.45, 2.75) is 38.1 Å². The number of hydrogen-bond acceptors (Lipinski definition) is 6. The third-order valence-electron chi connectivity index (χ3n) is 6.08. The summed E-state index contributed by atoms with van der Waals surface area (Å²) in [4.78, 5) is 25.8. The fourth-order valence-corrected chi connectivity index (χ4v) is 6.13. The van der Waals surface area contributed by atoms with Crippen LogP contribution in [0.1, 0.15) is 37.7 Å². The van der Waals surface area contributed by atoms with Gasteiger partial charge in [-0.3, -0.25) is 9.69 Å². The van der Waals surface area contributed by atoms with Crippen LogP contribution in [0.25, 0.3) is 17.3 Å². The van der Waals surface area contributed by atoms with E-state index in [4.69, 9.17) is 14.7 Å². The summed E-state index contributed by atoms with van der Waals surface area (Å²) in [6.07, 6.45) is 9.21. The normalized spacial score (nSPS) is 19.0. The molecule has 0 radical (unpaired) electrons. The summed E-state index contributed by atoms with van der Waals surface area (Å²) in [5, 5.41) is 3.42. The topological polar surface area (TPSA) is 54.8 Å². The number of carbonyl (C=O) groups excluding carboxylic acids is 1. The first kappa shape index (κ1) is 23.6. The molecule has 178 valence electrons. The highest BCUT2D eigenvalue weighted by molar-refractivity contribution is 8.18. The van der Waals surface area contributed by atoms with Crippen LogP contribution in [0.3, 0.4) is 0 Å². The molecular weight excluding hydrogens is 474 g/mol. The Morgan fingerprint density at radius 1 is 1.09 bits per heavy atom. The number of amides is 1. The highest BCUT2D eigenvalue weighted by Gasteiger charge is 2.38. The molecular formula is C28H27N3O2S2. The number of thioether (sulfide) groups is 1. The fraction of sp³-hybridized carbons (Fsp3) is 0.250. The number of carbonyl (C=O) groups is 1. The predicted octanol–water partition coefficient (Wildman–Crippen LogP) is 7.31. The monoisotopic (exact) mass is 501 g/mol. The van der Waals surface area contributed by atoms with Gasteiger partial charge < -0.3 is 4.74 Å². The molecule has 1 aromatic heterocycles. The van der Waals surface area contributed by atoms with Crippen LogP contribution in [-0.4, -0.2) is 33.6 Å². The average Bonchev–Trinajstić information content (AvgIpc) is 3.49. The zero-order valence-corrected chi connectivity index (χ0v) is 21.1. The van der Waals surface area contributed by atoms with Gasteiger partial charge in [0.2, 0.25) is 5.13 Å². The van der Waals surface area contributed by atoms with Gasteiger partial charge >= 0.3 is 0 Å². The summed E-state index contributed by atoms with van der Waals surface area (Å²) >= 11 is 2.95. The molecule has 1 amide bonds. The second kappa shape index (κ2) is 11.1. The summed E-state index contributed by atoms with van der Waals surface area (Å²) in [5.74, 6) is 0.814. The van der Waals surface area contributed by atoms with E-state index >= 15 is 0 Å². The molecule has 2 aliphatic rings. The minimum atomic E-state index is 0.0347.